The first-order valence-corrected chi connectivity index (χ1v) is 16.2. The summed E-state index contributed by atoms with van der Waals surface area (Å²) in [5.41, 5.74) is 13.2. The molecule has 0 atom stereocenters. The minimum atomic E-state index is 0.674. The number of hydrogen-bond donors (Lipinski definition) is 0. The molecule has 0 saturated heterocycles. The molecule has 1 aliphatic rings. The molecular formula is C43H26N2S. The van der Waals surface area contributed by atoms with E-state index in [-0.39, 0.29) is 0 Å². The Morgan fingerprint density at radius 3 is 1.87 bits per heavy atom. The van der Waals surface area contributed by atoms with Crippen LogP contribution in [0.2, 0.25) is 0 Å². The highest BCUT2D eigenvalue weighted by Crippen LogP contribution is 2.47. The Balaban J connectivity index is 1.08. The van der Waals surface area contributed by atoms with Crippen LogP contribution in [0.15, 0.2) is 168 Å². The van der Waals surface area contributed by atoms with Gasteiger partial charge in [-0.1, -0.05) is 127 Å². The molecule has 9 rings (SSSR count). The third-order valence-electron chi connectivity index (χ3n) is 9.03. The molecule has 0 radical (unpaired) electrons. The predicted octanol–water partition coefficient (Wildman–Crippen LogP) is 11.8. The summed E-state index contributed by atoms with van der Waals surface area (Å²) in [4.78, 5) is 2.55. The van der Waals surface area contributed by atoms with Gasteiger partial charge in [0.05, 0.1) is 28.4 Å². The lowest BCUT2D eigenvalue weighted by molar-refractivity contribution is 1.09. The fourth-order valence-corrected chi connectivity index (χ4v) is 7.97. The molecular weight excluding hydrogens is 577 g/mol. The van der Waals surface area contributed by atoms with Crippen LogP contribution in [-0.4, -0.2) is 4.57 Å². The van der Waals surface area contributed by atoms with Crippen LogP contribution in [-0.2, 0) is 0 Å². The molecule has 0 N–H and O–H groups in total. The summed E-state index contributed by atoms with van der Waals surface area (Å²) in [6.07, 6.45) is 0. The lowest BCUT2D eigenvalue weighted by Crippen LogP contribution is -2.01. The maximum atomic E-state index is 10.1. The fourth-order valence-electron chi connectivity index (χ4n) is 6.84. The van der Waals surface area contributed by atoms with Crippen molar-refractivity contribution in [3.8, 4) is 56.3 Å². The summed E-state index contributed by atoms with van der Waals surface area (Å²) in [5.74, 6) is 0. The van der Waals surface area contributed by atoms with Gasteiger partial charge in [-0.05, 0) is 87.0 Å². The molecule has 0 bridgehead atoms. The van der Waals surface area contributed by atoms with Gasteiger partial charge in [-0.3, -0.25) is 0 Å². The number of aromatic nitrogens is 1. The zero-order valence-corrected chi connectivity index (χ0v) is 25.6. The second-order valence-corrected chi connectivity index (χ2v) is 12.8. The second-order valence-electron chi connectivity index (χ2n) is 11.7. The topological polar surface area (TPSA) is 28.7 Å². The van der Waals surface area contributed by atoms with Crippen molar-refractivity contribution >= 4 is 33.6 Å². The zero-order valence-electron chi connectivity index (χ0n) is 24.8. The molecule has 0 aliphatic carbocycles. The van der Waals surface area contributed by atoms with Crippen molar-refractivity contribution < 1.29 is 0 Å². The normalized spacial score (nSPS) is 11.8. The fraction of sp³-hybridized carbons (Fsp3) is 0. The highest BCUT2D eigenvalue weighted by molar-refractivity contribution is 7.99. The van der Waals surface area contributed by atoms with Crippen molar-refractivity contribution in [1.82, 2.24) is 4.57 Å². The quantitative estimate of drug-likeness (QED) is 0.200. The Kier molecular flexibility index (Phi) is 6.16. The van der Waals surface area contributed by atoms with Crippen molar-refractivity contribution in [1.29, 1.82) is 5.26 Å². The molecule has 1 aromatic heterocycles. The van der Waals surface area contributed by atoms with Gasteiger partial charge in [0.2, 0.25) is 0 Å². The third-order valence-corrected chi connectivity index (χ3v) is 10.1. The van der Waals surface area contributed by atoms with Gasteiger partial charge < -0.3 is 4.57 Å². The molecule has 0 amide bonds. The van der Waals surface area contributed by atoms with Crippen molar-refractivity contribution in [2.45, 2.75) is 9.79 Å². The standard InChI is InChI=1S/C43H26N2S/c44-27-35-25-32(28-9-2-1-3-10-28)19-21-36(35)34-14-7-13-31(24-34)29-11-6-12-30(23-29)33-20-22-40-42(26-33)46-41-18-8-16-38-37-15-4-5-17-39(37)45(40)43(38)41/h1-26H. The van der Waals surface area contributed by atoms with E-state index in [2.05, 4.69) is 144 Å². The van der Waals surface area contributed by atoms with Crippen LogP contribution < -0.4 is 0 Å². The van der Waals surface area contributed by atoms with Gasteiger partial charge >= 0.3 is 0 Å². The minimum Gasteiger partial charge on any atom is -0.307 e. The molecule has 7 aromatic carbocycles. The van der Waals surface area contributed by atoms with Crippen molar-refractivity contribution in [3.05, 3.63) is 163 Å². The van der Waals surface area contributed by atoms with E-state index in [1.807, 2.05) is 36.0 Å². The summed E-state index contributed by atoms with van der Waals surface area (Å²) in [6.45, 7) is 0. The molecule has 0 saturated carbocycles. The second kappa shape index (κ2) is 10.7. The van der Waals surface area contributed by atoms with Crippen molar-refractivity contribution in [2.24, 2.45) is 0 Å². The first kappa shape index (κ1) is 26.6. The highest BCUT2D eigenvalue weighted by Gasteiger charge is 2.23. The number of benzene rings is 7. The van der Waals surface area contributed by atoms with E-state index in [4.69, 9.17) is 0 Å². The summed E-state index contributed by atoms with van der Waals surface area (Å²) in [6, 6.07) is 58.3. The van der Waals surface area contributed by atoms with Crippen LogP contribution in [0.25, 0.3) is 72.0 Å². The van der Waals surface area contributed by atoms with Gasteiger partial charge in [0.25, 0.3) is 0 Å². The van der Waals surface area contributed by atoms with E-state index in [1.54, 1.807) is 0 Å². The Morgan fingerprint density at radius 2 is 1.07 bits per heavy atom. The number of para-hydroxylation sites is 2. The highest BCUT2D eigenvalue weighted by atomic mass is 32.2. The average molecular weight is 603 g/mol. The molecule has 1 aliphatic heterocycles. The van der Waals surface area contributed by atoms with Crippen LogP contribution >= 0.6 is 11.8 Å². The third kappa shape index (κ3) is 4.27. The molecule has 0 fully saturated rings. The van der Waals surface area contributed by atoms with E-state index in [0.29, 0.717) is 5.56 Å². The number of fused-ring (bicyclic) bond motifs is 5. The Morgan fingerprint density at radius 1 is 0.457 bits per heavy atom. The number of rotatable bonds is 4. The first-order valence-electron chi connectivity index (χ1n) is 15.4. The van der Waals surface area contributed by atoms with Crippen molar-refractivity contribution in [2.75, 3.05) is 0 Å². The summed E-state index contributed by atoms with van der Waals surface area (Å²) < 4.78 is 2.43. The number of nitriles is 1. The van der Waals surface area contributed by atoms with Gasteiger partial charge in [0.1, 0.15) is 0 Å². The van der Waals surface area contributed by atoms with E-state index in [9.17, 15) is 5.26 Å². The molecule has 0 unspecified atom stereocenters. The number of nitrogens with zero attached hydrogens (tertiary/aromatic N) is 2. The van der Waals surface area contributed by atoms with Gasteiger partial charge in [-0.15, -0.1) is 0 Å². The van der Waals surface area contributed by atoms with E-state index < -0.39 is 0 Å². The molecule has 3 heteroatoms. The van der Waals surface area contributed by atoms with Crippen LogP contribution in [0.5, 0.6) is 0 Å². The summed E-state index contributed by atoms with van der Waals surface area (Å²) in [7, 11) is 0. The maximum absolute atomic E-state index is 10.1. The van der Waals surface area contributed by atoms with Crippen molar-refractivity contribution in [3.63, 3.8) is 0 Å². The largest absolute Gasteiger partial charge is 0.307 e. The van der Waals surface area contributed by atoms with Gasteiger partial charge in [-0.25, -0.2) is 0 Å². The maximum Gasteiger partial charge on any atom is 0.0998 e. The molecule has 2 heterocycles. The van der Waals surface area contributed by atoms with E-state index >= 15 is 0 Å². The van der Waals surface area contributed by atoms with Crippen LogP contribution in [0, 0.1) is 11.3 Å². The van der Waals surface area contributed by atoms with E-state index in [0.717, 1.165) is 33.4 Å². The predicted molar refractivity (Wildman–Crippen MR) is 191 cm³/mol. The summed E-state index contributed by atoms with van der Waals surface area (Å²) >= 11 is 1.85. The lowest BCUT2D eigenvalue weighted by atomic mass is 9.93. The first-order chi connectivity index (χ1) is 22.7. The molecule has 8 aromatic rings. The Labute approximate surface area is 271 Å². The molecule has 46 heavy (non-hydrogen) atoms. The Bertz CT molecular complexity index is 2520. The van der Waals surface area contributed by atoms with Gasteiger partial charge in [0.15, 0.2) is 0 Å². The smallest absolute Gasteiger partial charge is 0.0998 e. The Hall–Kier alpha value is -5.82. The average Bonchev–Trinajstić information content (AvgIpc) is 3.47. The van der Waals surface area contributed by atoms with Crippen LogP contribution in [0.1, 0.15) is 5.56 Å². The molecule has 0 spiro atoms. The zero-order chi connectivity index (χ0) is 30.6. The monoisotopic (exact) mass is 602 g/mol. The number of hydrogen-bond acceptors (Lipinski definition) is 2. The van der Waals surface area contributed by atoms with E-state index in [1.165, 1.54) is 48.4 Å². The summed E-state index contributed by atoms with van der Waals surface area (Å²) in [5, 5.41) is 12.7. The molecule has 2 nitrogen and oxygen atoms in total. The van der Waals surface area contributed by atoms with Gasteiger partial charge in [0, 0.05) is 20.6 Å². The molecule has 214 valence electrons. The van der Waals surface area contributed by atoms with Crippen LogP contribution in [0.3, 0.4) is 0 Å². The lowest BCUT2D eigenvalue weighted by Gasteiger charge is -2.21. The van der Waals surface area contributed by atoms with Gasteiger partial charge in [-0.2, -0.15) is 5.26 Å². The minimum absolute atomic E-state index is 0.674. The van der Waals surface area contributed by atoms with Crippen LogP contribution in [0.4, 0.5) is 0 Å². The SMILES string of the molecule is N#Cc1cc(-c2ccccc2)ccc1-c1cccc(-c2cccc(-c3ccc4c(c3)Sc3cccc5c6ccccc6n-4c35)c2)c1.